The van der Waals surface area contributed by atoms with E-state index in [9.17, 15) is 0 Å². The monoisotopic (exact) mass is 210 g/mol. The van der Waals surface area contributed by atoms with Gasteiger partial charge in [-0.05, 0) is 24.3 Å². The van der Waals surface area contributed by atoms with Crippen molar-refractivity contribution >= 4 is 21.6 Å². The summed E-state index contributed by atoms with van der Waals surface area (Å²) in [6, 6.07) is 7.80. The first-order valence-corrected chi connectivity index (χ1v) is 4.62. The van der Waals surface area contributed by atoms with Gasteiger partial charge < -0.3 is 0 Å². The summed E-state index contributed by atoms with van der Waals surface area (Å²) >= 11 is 0. The van der Waals surface area contributed by atoms with E-state index in [1.165, 1.54) is 0 Å². The number of hydrogen-bond donors (Lipinski definition) is 0. The maximum Gasteiger partial charge on any atom is 0.425 e. The molecule has 72 valence electrons. The number of hydrogen-bond acceptors (Lipinski definition) is 5. The molecule has 2 heterocycles. The molecule has 0 aliphatic heterocycles. The van der Waals surface area contributed by atoms with Gasteiger partial charge in [0.25, 0.3) is 0 Å². The standard InChI is InChI=1S/C8H6N2.O3S/c1-3-7-4-2-6-10-8(7)9-5-1;1-4(2)3/h1-6H;. The van der Waals surface area contributed by atoms with Crippen LogP contribution in [0, 0.1) is 0 Å². The van der Waals surface area contributed by atoms with Crippen LogP contribution < -0.4 is 0 Å². The van der Waals surface area contributed by atoms with Crippen LogP contribution in [0.1, 0.15) is 0 Å². The lowest BCUT2D eigenvalue weighted by Gasteiger charge is -1.90. The zero-order chi connectivity index (χ0) is 10.4. The predicted octanol–water partition coefficient (Wildman–Crippen LogP) is 0.626. The number of aromatic nitrogens is 2. The second-order valence-electron chi connectivity index (χ2n) is 2.26. The van der Waals surface area contributed by atoms with Gasteiger partial charge in [-0.3, -0.25) is 0 Å². The average molecular weight is 210 g/mol. The van der Waals surface area contributed by atoms with Gasteiger partial charge in [-0.1, -0.05) is 0 Å². The molecule has 0 aromatic carbocycles. The summed E-state index contributed by atoms with van der Waals surface area (Å²) < 4.78 is 25.3. The second kappa shape index (κ2) is 5.03. The molecule has 0 bridgehead atoms. The molecule has 0 saturated carbocycles. The minimum absolute atomic E-state index is 0.810. The Bertz CT molecular complexity index is 452. The van der Waals surface area contributed by atoms with Crippen LogP contribution in [0.3, 0.4) is 0 Å². The van der Waals surface area contributed by atoms with Gasteiger partial charge in [0.15, 0.2) is 5.65 Å². The van der Waals surface area contributed by atoms with Gasteiger partial charge in [0, 0.05) is 17.8 Å². The van der Waals surface area contributed by atoms with Crippen molar-refractivity contribution in [2.24, 2.45) is 0 Å². The molecule has 2 aromatic heterocycles. The Morgan fingerprint density at radius 1 is 0.929 bits per heavy atom. The fourth-order valence-corrected chi connectivity index (χ4v) is 0.908. The van der Waals surface area contributed by atoms with Crippen LogP contribution in [0.5, 0.6) is 0 Å². The molecular weight excluding hydrogens is 204 g/mol. The molecule has 0 saturated heterocycles. The Labute approximate surface area is 81.5 Å². The van der Waals surface area contributed by atoms with Gasteiger partial charge in [0.1, 0.15) is 0 Å². The molecule has 0 unspecified atom stereocenters. The molecule has 2 rings (SSSR count). The van der Waals surface area contributed by atoms with Gasteiger partial charge in [-0.25, -0.2) is 9.97 Å². The van der Waals surface area contributed by atoms with Crippen LogP contribution >= 0.6 is 0 Å². The third-order valence-electron chi connectivity index (χ3n) is 1.38. The third kappa shape index (κ3) is 3.28. The SMILES string of the molecule is O=S(=O)=O.c1cnc2ncccc2c1. The van der Waals surface area contributed by atoms with E-state index in [0.717, 1.165) is 11.0 Å². The molecule has 6 heteroatoms. The molecule has 14 heavy (non-hydrogen) atoms. The minimum Gasteiger partial charge on any atom is -0.237 e. The van der Waals surface area contributed by atoms with Gasteiger partial charge in [-0.2, -0.15) is 0 Å². The highest BCUT2D eigenvalue weighted by molar-refractivity contribution is 7.59. The second-order valence-corrected chi connectivity index (χ2v) is 2.67. The van der Waals surface area contributed by atoms with Gasteiger partial charge >= 0.3 is 10.6 Å². The lowest BCUT2D eigenvalue weighted by Crippen LogP contribution is -1.78. The summed E-state index contributed by atoms with van der Waals surface area (Å²) in [5.41, 5.74) is 0.810. The largest absolute Gasteiger partial charge is 0.425 e. The van der Waals surface area contributed by atoms with Gasteiger partial charge in [-0.15, -0.1) is 12.6 Å². The average Bonchev–Trinajstić information content (AvgIpc) is 2.17. The lowest BCUT2D eigenvalue weighted by molar-refractivity contribution is 0.559. The first-order chi connectivity index (χ1) is 6.70. The van der Waals surface area contributed by atoms with Crippen LogP contribution in [0.15, 0.2) is 36.7 Å². The van der Waals surface area contributed by atoms with Crippen molar-refractivity contribution in [2.75, 3.05) is 0 Å². The van der Waals surface area contributed by atoms with Crippen molar-refractivity contribution < 1.29 is 12.6 Å². The molecular formula is C8H6N2O3S. The summed E-state index contributed by atoms with van der Waals surface area (Å²) in [4.78, 5) is 8.14. The van der Waals surface area contributed by atoms with Crippen molar-refractivity contribution in [3.8, 4) is 0 Å². The Balaban J connectivity index is 0.000000213. The normalized spacial score (nSPS) is 8.86. The number of nitrogens with zero attached hydrogens (tertiary/aromatic N) is 2. The van der Waals surface area contributed by atoms with Gasteiger partial charge in [0.2, 0.25) is 0 Å². The molecule has 0 spiro atoms. The van der Waals surface area contributed by atoms with E-state index in [0.29, 0.717) is 0 Å². The lowest BCUT2D eigenvalue weighted by atomic mass is 10.3. The highest BCUT2D eigenvalue weighted by atomic mass is 32.2. The number of pyridine rings is 2. The molecule has 0 fully saturated rings. The zero-order valence-electron chi connectivity index (χ0n) is 6.99. The van der Waals surface area contributed by atoms with Crippen LogP contribution in [0.25, 0.3) is 11.0 Å². The van der Waals surface area contributed by atoms with Crippen molar-refractivity contribution in [3.05, 3.63) is 36.7 Å². The van der Waals surface area contributed by atoms with E-state index < -0.39 is 10.6 Å². The quantitative estimate of drug-likeness (QED) is 0.637. The van der Waals surface area contributed by atoms with E-state index in [4.69, 9.17) is 12.6 Å². The Morgan fingerprint density at radius 3 is 1.71 bits per heavy atom. The Morgan fingerprint density at radius 2 is 1.36 bits per heavy atom. The summed E-state index contributed by atoms with van der Waals surface area (Å²) in [6.07, 6.45) is 3.49. The van der Waals surface area contributed by atoms with Crippen molar-refractivity contribution in [3.63, 3.8) is 0 Å². The maximum atomic E-state index is 8.44. The third-order valence-corrected chi connectivity index (χ3v) is 1.38. The first kappa shape index (κ1) is 10.3. The highest BCUT2D eigenvalue weighted by Gasteiger charge is 1.88. The summed E-state index contributed by atoms with van der Waals surface area (Å²) in [5.74, 6) is 0. The van der Waals surface area contributed by atoms with Crippen LogP contribution in [-0.4, -0.2) is 22.6 Å². The molecule has 2 aromatic rings. The van der Waals surface area contributed by atoms with Crippen LogP contribution in [0.4, 0.5) is 0 Å². The van der Waals surface area contributed by atoms with E-state index in [-0.39, 0.29) is 0 Å². The fraction of sp³-hybridized carbons (Fsp3) is 0. The van der Waals surface area contributed by atoms with E-state index in [2.05, 4.69) is 9.97 Å². The summed E-state index contributed by atoms with van der Waals surface area (Å²) in [5, 5.41) is 1.09. The molecule has 0 radical (unpaired) electrons. The molecule has 0 N–H and O–H groups in total. The molecule has 0 aliphatic rings. The van der Waals surface area contributed by atoms with Gasteiger partial charge in [0.05, 0.1) is 0 Å². The number of rotatable bonds is 0. The molecule has 0 amide bonds. The Hall–Kier alpha value is -1.82. The molecule has 0 aliphatic carbocycles. The summed E-state index contributed by atoms with van der Waals surface area (Å²) in [6.45, 7) is 0. The predicted molar refractivity (Wildman–Crippen MR) is 49.2 cm³/mol. The minimum atomic E-state index is -3.11. The number of fused-ring (bicyclic) bond motifs is 1. The highest BCUT2D eigenvalue weighted by Crippen LogP contribution is 2.04. The van der Waals surface area contributed by atoms with Crippen LogP contribution in [-0.2, 0) is 10.6 Å². The fourth-order valence-electron chi connectivity index (χ4n) is 0.908. The smallest absolute Gasteiger partial charge is 0.237 e. The zero-order valence-corrected chi connectivity index (χ0v) is 7.81. The first-order valence-electron chi connectivity index (χ1n) is 3.62. The van der Waals surface area contributed by atoms with Crippen LogP contribution in [0.2, 0.25) is 0 Å². The van der Waals surface area contributed by atoms with Crippen molar-refractivity contribution in [1.82, 2.24) is 9.97 Å². The van der Waals surface area contributed by atoms with E-state index in [1.807, 2.05) is 24.3 Å². The maximum absolute atomic E-state index is 8.44. The van der Waals surface area contributed by atoms with E-state index >= 15 is 0 Å². The Kier molecular flexibility index (Phi) is 3.69. The van der Waals surface area contributed by atoms with Crippen molar-refractivity contribution in [1.29, 1.82) is 0 Å². The van der Waals surface area contributed by atoms with E-state index in [1.54, 1.807) is 12.4 Å². The summed E-state index contributed by atoms with van der Waals surface area (Å²) in [7, 11) is -3.11. The van der Waals surface area contributed by atoms with Crippen molar-refractivity contribution in [2.45, 2.75) is 0 Å². The topological polar surface area (TPSA) is 77.0 Å². The molecule has 0 atom stereocenters. The molecule has 5 nitrogen and oxygen atoms in total.